The van der Waals surface area contributed by atoms with Crippen LogP contribution in [0, 0.1) is 0 Å². The maximum atomic E-state index is 12.3. The highest BCUT2D eigenvalue weighted by Crippen LogP contribution is 2.43. The van der Waals surface area contributed by atoms with Gasteiger partial charge in [0.1, 0.15) is 0 Å². The van der Waals surface area contributed by atoms with Crippen molar-refractivity contribution in [1.29, 1.82) is 0 Å². The average Bonchev–Trinajstić information content (AvgIpc) is 1.83. The zero-order valence-corrected chi connectivity index (χ0v) is 8.04. The minimum Gasteiger partial charge on any atom is -0.166 e. The summed E-state index contributed by atoms with van der Waals surface area (Å²) in [7, 11) is 0. The smallest absolute Gasteiger partial charge is 0.166 e. The first-order valence-electron chi connectivity index (χ1n) is 3.47. The molecule has 0 spiro atoms. The number of hydrogen-bond donors (Lipinski definition) is 0. The van der Waals surface area contributed by atoms with Gasteiger partial charge in [0.25, 0.3) is 0 Å². The van der Waals surface area contributed by atoms with Gasteiger partial charge in [0.2, 0.25) is 0 Å². The van der Waals surface area contributed by atoms with Gasteiger partial charge in [0.05, 0.1) is 4.32 Å². The van der Waals surface area contributed by atoms with Crippen LogP contribution in [0.3, 0.4) is 0 Å². The highest BCUT2D eigenvalue weighted by atomic mass is 79.9. The lowest BCUT2D eigenvalue weighted by Gasteiger charge is -2.28. The SMILES string of the molecule is CC1(Br)CC=CC=C1C(F)(F)F. The lowest BCUT2D eigenvalue weighted by Crippen LogP contribution is -2.30. The predicted molar refractivity (Wildman–Crippen MR) is 45.2 cm³/mol. The van der Waals surface area contributed by atoms with Crippen molar-refractivity contribution in [2.24, 2.45) is 0 Å². The third-order valence-electron chi connectivity index (χ3n) is 1.77. The van der Waals surface area contributed by atoms with Crippen LogP contribution < -0.4 is 0 Å². The molecule has 0 nitrogen and oxygen atoms in total. The van der Waals surface area contributed by atoms with Crippen LogP contribution in [0.15, 0.2) is 23.8 Å². The van der Waals surface area contributed by atoms with Gasteiger partial charge in [-0.1, -0.05) is 34.2 Å². The van der Waals surface area contributed by atoms with E-state index in [1.165, 1.54) is 13.0 Å². The summed E-state index contributed by atoms with van der Waals surface area (Å²) < 4.78 is 36.0. The molecule has 1 rings (SSSR count). The summed E-state index contributed by atoms with van der Waals surface area (Å²) in [5, 5.41) is 0. The molecule has 0 aromatic carbocycles. The van der Waals surface area contributed by atoms with Crippen molar-refractivity contribution >= 4 is 15.9 Å². The van der Waals surface area contributed by atoms with Gasteiger partial charge in [-0.2, -0.15) is 13.2 Å². The van der Waals surface area contributed by atoms with Crippen LogP contribution in [0.25, 0.3) is 0 Å². The molecule has 0 radical (unpaired) electrons. The minimum atomic E-state index is -4.23. The van der Waals surface area contributed by atoms with E-state index in [1.54, 1.807) is 6.08 Å². The molecule has 0 fully saturated rings. The molecule has 0 saturated heterocycles. The van der Waals surface area contributed by atoms with Crippen LogP contribution in [-0.4, -0.2) is 10.5 Å². The summed E-state index contributed by atoms with van der Waals surface area (Å²) in [6, 6.07) is 0. The lowest BCUT2D eigenvalue weighted by molar-refractivity contribution is -0.0962. The van der Waals surface area contributed by atoms with Crippen molar-refractivity contribution in [1.82, 2.24) is 0 Å². The molecule has 0 N–H and O–H groups in total. The first-order valence-corrected chi connectivity index (χ1v) is 4.27. The number of hydrogen-bond acceptors (Lipinski definition) is 0. The van der Waals surface area contributed by atoms with Crippen LogP contribution >= 0.6 is 15.9 Å². The van der Waals surface area contributed by atoms with Crippen molar-refractivity contribution < 1.29 is 13.2 Å². The van der Waals surface area contributed by atoms with Gasteiger partial charge >= 0.3 is 6.18 Å². The molecule has 0 bridgehead atoms. The zero-order valence-electron chi connectivity index (χ0n) is 6.45. The van der Waals surface area contributed by atoms with Gasteiger partial charge in [0, 0.05) is 5.57 Å². The van der Waals surface area contributed by atoms with Gasteiger partial charge in [-0.15, -0.1) is 0 Å². The molecule has 0 amide bonds. The monoisotopic (exact) mass is 240 g/mol. The van der Waals surface area contributed by atoms with E-state index in [4.69, 9.17) is 0 Å². The molecule has 4 heteroatoms. The third-order valence-corrected chi connectivity index (χ3v) is 2.52. The van der Waals surface area contributed by atoms with E-state index in [0.717, 1.165) is 6.08 Å². The topological polar surface area (TPSA) is 0 Å². The zero-order chi connectivity index (χ0) is 9.41. The van der Waals surface area contributed by atoms with E-state index in [-0.39, 0.29) is 0 Å². The number of halogens is 4. The molecule has 1 atom stereocenters. The molecule has 0 aliphatic heterocycles. The van der Waals surface area contributed by atoms with E-state index in [9.17, 15) is 13.2 Å². The maximum absolute atomic E-state index is 12.3. The molecular formula is C8H8BrF3. The molecule has 0 saturated carbocycles. The average molecular weight is 241 g/mol. The summed E-state index contributed by atoms with van der Waals surface area (Å²) in [4.78, 5) is 0. The summed E-state index contributed by atoms with van der Waals surface area (Å²) in [5.41, 5.74) is -0.516. The van der Waals surface area contributed by atoms with Gasteiger partial charge in [0.15, 0.2) is 0 Å². The normalized spacial score (nSPS) is 30.2. The Morgan fingerprint density at radius 1 is 1.50 bits per heavy atom. The first kappa shape index (κ1) is 9.84. The first-order chi connectivity index (χ1) is 5.34. The molecule has 1 aliphatic carbocycles. The summed E-state index contributed by atoms with van der Waals surface area (Å²) >= 11 is 3.06. The quantitative estimate of drug-likeness (QED) is 0.568. The molecule has 1 unspecified atom stereocenters. The summed E-state index contributed by atoms with van der Waals surface area (Å²) in [6.45, 7) is 1.52. The Morgan fingerprint density at radius 2 is 2.08 bits per heavy atom. The second-order valence-electron chi connectivity index (χ2n) is 2.91. The number of rotatable bonds is 0. The fourth-order valence-corrected chi connectivity index (χ4v) is 1.67. The Hall–Kier alpha value is -0.250. The van der Waals surface area contributed by atoms with Crippen LogP contribution in [-0.2, 0) is 0 Å². The van der Waals surface area contributed by atoms with Crippen molar-refractivity contribution in [2.45, 2.75) is 23.8 Å². The molecular weight excluding hydrogens is 233 g/mol. The van der Waals surface area contributed by atoms with Crippen LogP contribution in [0.1, 0.15) is 13.3 Å². The van der Waals surface area contributed by atoms with Gasteiger partial charge < -0.3 is 0 Å². The largest absolute Gasteiger partial charge is 0.414 e. The second-order valence-corrected chi connectivity index (χ2v) is 4.66. The van der Waals surface area contributed by atoms with Gasteiger partial charge in [-0.3, -0.25) is 0 Å². The Balaban J connectivity index is 3.01. The van der Waals surface area contributed by atoms with Gasteiger partial charge in [-0.05, 0) is 13.3 Å². The lowest BCUT2D eigenvalue weighted by atomic mass is 9.93. The Kier molecular flexibility index (Phi) is 2.38. The fourth-order valence-electron chi connectivity index (χ4n) is 1.13. The highest BCUT2D eigenvalue weighted by molar-refractivity contribution is 9.10. The number of alkyl halides is 4. The van der Waals surface area contributed by atoms with Crippen LogP contribution in [0.5, 0.6) is 0 Å². The van der Waals surface area contributed by atoms with Crippen molar-refractivity contribution in [3.63, 3.8) is 0 Å². The van der Waals surface area contributed by atoms with Crippen LogP contribution in [0.4, 0.5) is 13.2 Å². The summed E-state index contributed by atoms with van der Waals surface area (Å²) in [5.74, 6) is 0. The van der Waals surface area contributed by atoms with E-state index >= 15 is 0 Å². The molecule has 68 valence electrons. The molecule has 12 heavy (non-hydrogen) atoms. The second kappa shape index (κ2) is 2.91. The minimum absolute atomic E-state index is 0.373. The highest BCUT2D eigenvalue weighted by Gasteiger charge is 2.44. The predicted octanol–water partition coefficient (Wildman–Crippen LogP) is 3.59. The Morgan fingerprint density at radius 3 is 2.42 bits per heavy atom. The molecule has 0 aromatic heterocycles. The third kappa shape index (κ3) is 1.91. The van der Waals surface area contributed by atoms with Crippen molar-refractivity contribution in [3.05, 3.63) is 23.8 Å². The van der Waals surface area contributed by atoms with Crippen molar-refractivity contribution in [3.8, 4) is 0 Å². The maximum Gasteiger partial charge on any atom is 0.414 e. The molecule has 0 aromatic rings. The Labute approximate surface area is 77.3 Å². The molecule has 1 aliphatic rings. The van der Waals surface area contributed by atoms with Gasteiger partial charge in [-0.25, -0.2) is 0 Å². The van der Waals surface area contributed by atoms with Crippen molar-refractivity contribution in [2.75, 3.05) is 0 Å². The van der Waals surface area contributed by atoms with E-state index < -0.39 is 16.1 Å². The fraction of sp³-hybridized carbons (Fsp3) is 0.500. The van der Waals surface area contributed by atoms with Crippen LogP contribution in [0.2, 0.25) is 0 Å². The Bertz CT molecular complexity index is 235. The summed E-state index contributed by atoms with van der Waals surface area (Å²) in [6.07, 6.45) is 0.398. The van der Waals surface area contributed by atoms with E-state index in [1.807, 2.05) is 0 Å². The van der Waals surface area contributed by atoms with E-state index in [0.29, 0.717) is 6.42 Å². The molecule has 0 heterocycles. The van der Waals surface area contributed by atoms with E-state index in [2.05, 4.69) is 15.9 Å². The standard InChI is InChI=1S/C8H8BrF3/c1-7(9)5-3-2-4-6(7)8(10,11)12/h2-4H,5H2,1H3. The number of allylic oxidation sites excluding steroid dienone is 4.